The number of thiophene rings is 1. The highest BCUT2D eigenvalue weighted by molar-refractivity contribution is 9.11. The molecule has 0 unspecified atom stereocenters. The third kappa shape index (κ3) is 5.72. The molecule has 8 heteroatoms. The number of terminal acetylenes is 1. The minimum atomic E-state index is -0.374. The minimum Gasteiger partial charge on any atom is -0.342 e. The van der Waals surface area contributed by atoms with E-state index in [1.165, 1.54) is 23.3 Å². The van der Waals surface area contributed by atoms with Gasteiger partial charge in [-0.05, 0) is 46.3 Å². The fraction of sp³-hybridized carbons (Fsp3) is 0.167. The van der Waals surface area contributed by atoms with E-state index in [1.54, 1.807) is 36.4 Å². The Morgan fingerprint density at radius 1 is 1.27 bits per heavy atom. The summed E-state index contributed by atoms with van der Waals surface area (Å²) in [5.74, 6) is 1.42. The Morgan fingerprint density at radius 3 is 2.69 bits per heavy atom. The number of anilines is 1. The zero-order valence-corrected chi connectivity index (χ0v) is 16.3. The van der Waals surface area contributed by atoms with Crippen LogP contribution in [0.1, 0.15) is 15.2 Å². The molecular formula is C18H16BrN3O3S. The number of nitrogens with one attached hydrogen (secondary N) is 2. The van der Waals surface area contributed by atoms with Crippen molar-refractivity contribution < 1.29 is 14.4 Å². The van der Waals surface area contributed by atoms with E-state index in [9.17, 15) is 14.4 Å². The molecule has 0 saturated heterocycles. The molecule has 0 aliphatic carbocycles. The Kier molecular flexibility index (Phi) is 6.95. The van der Waals surface area contributed by atoms with E-state index in [-0.39, 0.29) is 30.8 Å². The molecule has 0 aliphatic heterocycles. The van der Waals surface area contributed by atoms with Gasteiger partial charge in [0.15, 0.2) is 0 Å². The fourth-order valence-corrected chi connectivity index (χ4v) is 3.31. The Bertz CT molecular complexity index is 873. The summed E-state index contributed by atoms with van der Waals surface area (Å²) in [5.41, 5.74) is 1.21. The van der Waals surface area contributed by atoms with Crippen LogP contribution in [0, 0.1) is 12.3 Å². The maximum atomic E-state index is 12.1. The predicted octanol–water partition coefficient (Wildman–Crippen LogP) is 2.32. The number of rotatable bonds is 6. The first-order chi connectivity index (χ1) is 12.4. The quantitative estimate of drug-likeness (QED) is 0.686. The van der Waals surface area contributed by atoms with E-state index in [0.29, 0.717) is 16.1 Å². The Morgan fingerprint density at radius 2 is 2.04 bits per heavy atom. The molecule has 0 aliphatic rings. The normalized spacial score (nSPS) is 9.88. The van der Waals surface area contributed by atoms with Gasteiger partial charge in [-0.2, -0.15) is 0 Å². The van der Waals surface area contributed by atoms with Crippen LogP contribution in [0.4, 0.5) is 5.69 Å². The summed E-state index contributed by atoms with van der Waals surface area (Å²) in [7, 11) is 1.49. The van der Waals surface area contributed by atoms with Crippen LogP contribution < -0.4 is 10.6 Å². The molecule has 0 fully saturated rings. The van der Waals surface area contributed by atoms with Gasteiger partial charge in [0.2, 0.25) is 11.8 Å². The monoisotopic (exact) mass is 433 g/mol. The maximum Gasteiger partial charge on any atom is 0.261 e. The number of carbonyl (C=O) groups excluding carboxylic acids is 3. The van der Waals surface area contributed by atoms with Crippen molar-refractivity contribution >= 4 is 50.7 Å². The first-order valence-corrected chi connectivity index (χ1v) is 9.14. The molecule has 2 aromatic rings. The molecule has 134 valence electrons. The largest absolute Gasteiger partial charge is 0.342 e. The Hall–Kier alpha value is -2.63. The molecule has 0 atom stereocenters. The van der Waals surface area contributed by atoms with Crippen molar-refractivity contribution in [3.8, 4) is 12.3 Å². The summed E-state index contributed by atoms with van der Waals surface area (Å²) < 4.78 is 0.830. The summed E-state index contributed by atoms with van der Waals surface area (Å²) in [5, 5.41) is 5.21. The second-order valence-corrected chi connectivity index (χ2v) is 7.77. The molecule has 6 nitrogen and oxygen atoms in total. The van der Waals surface area contributed by atoms with Gasteiger partial charge in [0.05, 0.1) is 21.8 Å². The molecule has 1 aromatic heterocycles. The number of carbonyl (C=O) groups is 3. The minimum absolute atomic E-state index is 0.139. The zero-order valence-electron chi connectivity index (χ0n) is 13.9. The second-order valence-electron chi connectivity index (χ2n) is 5.31. The summed E-state index contributed by atoms with van der Waals surface area (Å²) in [6.07, 6.45) is 5.32. The number of nitrogens with zero attached hydrogens (tertiary/aromatic N) is 1. The Balaban J connectivity index is 1.81. The Labute approximate surface area is 163 Å². The van der Waals surface area contributed by atoms with Crippen molar-refractivity contribution in [2.45, 2.75) is 0 Å². The van der Waals surface area contributed by atoms with E-state index in [0.717, 1.165) is 3.79 Å². The van der Waals surface area contributed by atoms with Gasteiger partial charge in [-0.25, -0.2) is 0 Å². The van der Waals surface area contributed by atoms with Gasteiger partial charge in [-0.1, -0.05) is 12.0 Å². The van der Waals surface area contributed by atoms with Crippen molar-refractivity contribution in [2.75, 3.05) is 25.5 Å². The van der Waals surface area contributed by atoms with Crippen LogP contribution in [0.2, 0.25) is 0 Å². The number of likely N-dealkylation sites (N-methyl/N-ethyl adjacent to an activating group) is 1. The van der Waals surface area contributed by atoms with Crippen molar-refractivity contribution in [3.05, 3.63) is 50.6 Å². The van der Waals surface area contributed by atoms with Gasteiger partial charge in [-0.3, -0.25) is 14.4 Å². The molecule has 2 rings (SSSR count). The molecular weight excluding hydrogens is 418 g/mol. The van der Waals surface area contributed by atoms with Crippen LogP contribution >= 0.6 is 27.3 Å². The third-order valence-corrected chi connectivity index (χ3v) is 4.94. The lowest BCUT2D eigenvalue weighted by molar-refractivity contribution is -0.132. The van der Waals surface area contributed by atoms with E-state index in [2.05, 4.69) is 32.5 Å². The van der Waals surface area contributed by atoms with Crippen LogP contribution in [0.5, 0.6) is 0 Å². The van der Waals surface area contributed by atoms with Crippen molar-refractivity contribution in [2.24, 2.45) is 0 Å². The number of hydrogen-bond acceptors (Lipinski definition) is 4. The smallest absolute Gasteiger partial charge is 0.261 e. The van der Waals surface area contributed by atoms with E-state index in [4.69, 9.17) is 6.42 Å². The molecule has 1 aromatic carbocycles. The van der Waals surface area contributed by atoms with Crippen molar-refractivity contribution in [1.29, 1.82) is 0 Å². The van der Waals surface area contributed by atoms with Gasteiger partial charge >= 0.3 is 0 Å². The van der Waals surface area contributed by atoms with Gasteiger partial charge in [0, 0.05) is 18.3 Å². The lowest BCUT2D eigenvalue weighted by Crippen LogP contribution is -2.41. The first kappa shape index (κ1) is 19.7. The average molecular weight is 434 g/mol. The van der Waals surface area contributed by atoms with Crippen LogP contribution in [0.25, 0.3) is 0 Å². The molecule has 1 heterocycles. The molecule has 2 N–H and O–H groups in total. The van der Waals surface area contributed by atoms with Gasteiger partial charge in [-0.15, -0.1) is 17.8 Å². The van der Waals surface area contributed by atoms with Crippen LogP contribution in [-0.4, -0.2) is 42.8 Å². The summed E-state index contributed by atoms with van der Waals surface area (Å²) in [6.45, 7) is -0.329. The van der Waals surface area contributed by atoms with Crippen LogP contribution in [0.15, 0.2) is 40.2 Å². The molecule has 0 spiro atoms. The summed E-state index contributed by atoms with van der Waals surface area (Å²) >= 11 is 4.55. The van der Waals surface area contributed by atoms with Crippen LogP contribution in [-0.2, 0) is 9.59 Å². The predicted molar refractivity (Wildman–Crippen MR) is 105 cm³/mol. The molecule has 0 bridgehead atoms. The summed E-state index contributed by atoms with van der Waals surface area (Å²) in [4.78, 5) is 37.8. The van der Waals surface area contributed by atoms with E-state index in [1.807, 2.05) is 0 Å². The van der Waals surface area contributed by atoms with Gasteiger partial charge in [0.25, 0.3) is 5.91 Å². The lowest BCUT2D eigenvalue weighted by Gasteiger charge is -2.17. The average Bonchev–Trinajstić information content (AvgIpc) is 3.05. The van der Waals surface area contributed by atoms with Crippen LogP contribution in [0.3, 0.4) is 0 Å². The molecule has 3 amide bonds. The number of halogens is 1. The highest BCUT2D eigenvalue weighted by atomic mass is 79.9. The highest BCUT2D eigenvalue weighted by Gasteiger charge is 2.15. The van der Waals surface area contributed by atoms with E-state index < -0.39 is 0 Å². The van der Waals surface area contributed by atoms with Crippen molar-refractivity contribution in [3.63, 3.8) is 0 Å². The SMILES string of the molecule is C#Cc1cccc(NC(=O)CN(C)C(=O)CNC(=O)c2ccc(Br)s2)c1. The van der Waals surface area contributed by atoms with E-state index >= 15 is 0 Å². The number of benzene rings is 1. The van der Waals surface area contributed by atoms with Gasteiger partial charge < -0.3 is 15.5 Å². The topological polar surface area (TPSA) is 78.5 Å². The molecule has 0 saturated carbocycles. The summed E-state index contributed by atoms with van der Waals surface area (Å²) in [6, 6.07) is 10.3. The number of hydrogen-bond donors (Lipinski definition) is 2. The van der Waals surface area contributed by atoms with Gasteiger partial charge in [0.1, 0.15) is 0 Å². The molecule has 26 heavy (non-hydrogen) atoms. The maximum absolute atomic E-state index is 12.1. The number of amides is 3. The lowest BCUT2D eigenvalue weighted by atomic mass is 10.2. The highest BCUT2D eigenvalue weighted by Crippen LogP contribution is 2.21. The fourth-order valence-electron chi connectivity index (χ4n) is 2.01. The second kappa shape index (κ2) is 9.17. The third-order valence-electron chi connectivity index (χ3n) is 3.32. The standard InChI is InChI=1S/C18H16BrN3O3S/c1-3-12-5-4-6-13(9-12)21-16(23)11-22(2)17(24)10-20-18(25)14-7-8-15(19)26-14/h1,4-9H,10-11H2,2H3,(H,20,25)(H,21,23). The zero-order chi connectivity index (χ0) is 19.1. The first-order valence-electron chi connectivity index (χ1n) is 7.53. The van der Waals surface area contributed by atoms with Crippen molar-refractivity contribution in [1.82, 2.24) is 10.2 Å². The molecule has 0 radical (unpaired) electrons.